The zero-order chi connectivity index (χ0) is 14.1. The number of pyridine rings is 1. The lowest BCUT2D eigenvalue weighted by Gasteiger charge is -2.08. The van der Waals surface area contributed by atoms with Crippen molar-refractivity contribution in [3.63, 3.8) is 0 Å². The quantitative estimate of drug-likeness (QED) is 0.456. The van der Waals surface area contributed by atoms with Crippen LogP contribution in [0.5, 0.6) is 0 Å². The second-order valence-electron chi connectivity index (χ2n) is 3.88. The van der Waals surface area contributed by atoms with Crippen molar-refractivity contribution in [1.82, 2.24) is 15.6 Å². The first-order valence-electron chi connectivity index (χ1n) is 5.83. The van der Waals surface area contributed by atoms with Crippen molar-refractivity contribution >= 4 is 12.0 Å². The Morgan fingerprint density at radius 3 is 2.63 bits per heavy atom. The second-order valence-corrected chi connectivity index (χ2v) is 3.88. The molecule has 6 heteroatoms. The molecule has 2 N–H and O–H groups in total. The molecule has 0 radical (unpaired) electrons. The van der Waals surface area contributed by atoms with Crippen LogP contribution in [-0.4, -0.2) is 30.1 Å². The number of nitrogens with zero attached hydrogens (tertiary/aromatic N) is 1. The highest BCUT2D eigenvalue weighted by atomic mass is 16.5. The SMILES string of the molecule is C=C(C)C(=O)OCCNC(=O)NCc1ccncc1. The molecule has 0 spiro atoms. The van der Waals surface area contributed by atoms with E-state index in [1.54, 1.807) is 19.3 Å². The number of urea groups is 1. The third-order valence-electron chi connectivity index (χ3n) is 2.17. The number of nitrogens with one attached hydrogen (secondary N) is 2. The summed E-state index contributed by atoms with van der Waals surface area (Å²) in [7, 11) is 0. The third kappa shape index (κ3) is 6.21. The maximum Gasteiger partial charge on any atom is 0.333 e. The van der Waals surface area contributed by atoms with Crippen molar-refractivity contribution in [2.24, 2.45) is 0 Å². The monoisotopic (exact) mass is 263 g/mol. The van der Waals surface area contributed by atoms with E-state index in [9.17, 15) is 9.59 Å². The van der Waals surface area contributed by atoms with E-state index in [0.29, 0.717) is 12.1 Å². The second kappa shape index (κ2) is 7.86. The van der Waals surface area contributed by atoms with Gasteiger partial charge in [0.25, 0.3) is 0 Å². The number of carbonyl (C=O) groups excluding carboxylic acids is 2. The fraction of sp³-hybridized carbons (Fsp3) is 0.308. The van der Waals surface area contributed by atoms with E-state index >= 15 is 0 Å². The van der Waals surface area contributed by atoms with Gasteiger partial charge in [0.1, 0.15) is 6.61 Å². The molecule has 1 rings (SSSR count). The van der Waals surface area contributed by atoms with Crippen molar-refractivity contribution in [3.8, 4) is 0 Å². The van der Waals surface area contributed by atoms with Gasteiger partial charge >= 0.3 is 12.0 Å². The summed E-state index contributed by atoms with van der Waals surface area (Å²) in [6.07, 6.45) is 3.32. The van der Waals surface area contributed by atoms with Crippen LogP contribution in [0.25, 0.3) is 0 Å². The van der Waals surface area contributed by atoms with Crippen LogP contribution in [0.1, 0.15) is 12.5 Å². The predicted octanol–water partition coefficient (Wildman–Crippen LogP) is 1.00. The summed E-state index contributed by atoms with van der Waals surface area (Å²) in [5, 5.41) is 5.25. The van der Waals surface area contributed by atoms with Crippen molar-refractivity contribution in [2.75, 3.05) is 13.2 Å². The summed E-state index contributed by atoms with van der Waals surface area (Å²) in [6, 6.07) is 3.31. The third-order valence-corrected chi connectivity index (χ3v) is 2.17. The van der Waals surface area contributed by atoms with Gasteiger partial charge in [-0.05, 0) is 24.6 Å². The van der Waals surface area contributed by atoms with Gasteiger partial charge in [-0.2, -0.15) is 0 Å². The van der Waals surface area contributed by atoms with E-state index in [1.165, 1.54) is 0 Å². The van der Waals surface area contributed by atoms with Crippen LogP contribution in [-0.2, 0) is 16.1 Å². The number of esters is 1. The summed E-state index contributed by atoms with van der Waals surface area (Å²) < 4.78 is 4.83. The Bertz CT molecular complexity index is 446. The molecular formula is C13H17N3O3. The number of carbonyl (C=O) groups is 2. The Hall–Kier alpha value is -2.37. The maximum atomic E-state index is 11.4. The lowest BCUT2D eigenvalue weighted by atomic mass is 10.3. The zero-order valence-corrected chi connectivity index (χ0v) is 10.8. The van der Waals surface area contributed by atoms with Gasteiger partial charge in [0.05, 0.1) is 6.54 Å². The van der Waals surface area contributed by atoms with Crippen molar-refractivity contribution < 1.29 is 14.3 Å². The number of hydrogen-bond acceptors (Lipinski definition) is 4. The average Bonchev–Trinajstić information content (AvgIpc) is 2.42. The molecule has 0 fully saturated rings. The molecule has 0 saturated carbocycles. The molecule has 0 unspecified atom stereocenters. The van der Waals surface area contributed by atoms with Gasteiger partial charge in [-0.1, -0.05) is 6.58 Å². The van der Waals surface area contributed by atoms with Gasteiger partial charge in [0.2, 0.25) is 0 Å². The summed E-state index contributed by atoms with van der Waals surface area (Å²) in [5.41, 5.74) is 1.29. The minimum atomic E-state index is -0.459. The van der Waals surface area contributed by atoms with E-state index in [1.807, 2.05) is 12.1 Å². The van der Waals surface area contributed by atoms with E-state index in [2.05, 4.69) is 22.2 Å². The van der Waals surface area contributed by atoms with Crippen molar-refractivity contribution in [2.45, 2.75) is 13.5 Å². The maximum absolute atomic E-state index is 11.4. The molecule has 102 valence electrons. The first kappa shape index (κ1) is 14.7. The summed E-state index contributed by atoms with van der Waals surface area (Å²) in [6.45, 7) is 5.81. The molecule has 1 aromatic heterocycles. The smallest absolute Gasteiger partial charge is 0.333 e. The topological polar surface area (TPSA) is 80.3 Å². The fourth-order valence-electron chi connectivity index (χ4n) is 1.18. The van der Waals surface area contributed by atoms with E-state index in [4.69, 9.17) is 4.74 Å². The largest absolute Gasteiger partial charge is 0.460 e. The van der Waals surface area contributed by atoms with Crippen LogP contribution < -0.4 is 10.6 Å². The lowest BCUT2D eigenvalue weighted by molar-refractivity contribution is -0.138. The van der Waals surface area contributed by atoms with Crippen LogP contribution in [0.15, 0.2) is 36.7 Å². The van der Waals surface area contributed by atoms with Crippen LogP contribution in [0.2, 0.25) is 0 Å². The Labute approximate surface area is 111 Å². The average molecular weight is 263 g/mol. The highest BCUT2D eigenvalue weighted by Gasteiger charge is 2.03. The first-order valence-corrected chi connectivity index (χ1v) is 5.83. The Kier molecular flexibility index (Phi) is 6.08. The normalized spacial score (nSPS) is 9.53. The van der Waals surface area contributed by atoms with Gasteiger partial charge in [-0.15, -0.1) is 0 Å². The van der Waals surface area contributed by atoms with Gasteiger partial charge in [0.15, 0.2) is 0 Å². The van der Waals surface area contributed by atoms with E-state index < -0.39 is 5.97 Å². The summed E-state index contributed by atoms with van der Waals surface area (Å²) in [5.74, 6) is -0.459. The first-order chi connectivity index (χ1) is 9.09. The molecule has 0 aliphatic carbocycles. The number of amides is 2. The Morgan fingerprint density at radius 1 is 1.32 bits per heavy atom. The highest BCUT2D eigenvalue weighted by molar-refractivity contribution is 5.86. The van der Waals surface area contributed by atoms with Crippen LogP contribution in [0, 0.1) is 0 Å². The van der Waals surface area contributed by atoms with E-state index in [-0.39, 0.29) is 19.2 Å². The van der Waals surface area contributed by atoms with Crippen molar-refractivity contribution in [3.05, 3.63) is 42.2 Å². The highest BCUT2D eigenvalue weighted by Crippen LogP contribution is 1.94. The number of ether oxygens (including phenoxy) is 1. The molecular weight excluding hydrogens is 246 g/mol. The van der Waals surface area contributed by atoms with Gasteiger partial charge in [-0.3, -0.25) is 4.98 Å². The van der Waals surface area contributed by atoms with Gasteiger partial charge in [0, 0.05) is 24.5 Å². The molecule has 0 aliphatic heterocycles. The van der Waals surface area contributed by atoms with Crippen LogP contribution in [0.4, 0.5) is 4.79 Å². The molecule has 0 atom stereocenters. The zero-order valence-electron chi connectivity index (χ0n) is 10.8. The molecule has 0 aliphatic rings. The molecule has 6 nitrogen and oxygen atoms in total. The molecule has 0 bridgehead atoms. The molecule has 1 aromatic rings. The lowest BCUT2D eigenvalue weighted by Crippen LogP contribution is -2.37. The predicted molar refractivity (Wildman–Crippen MR) is 70.2 cm³/mol. The summed E-state index contributed by atoms with van der Waals surface area (Å²) in [4.78, 5) is 26.3. The van der Waals surface area contributed by atoms with E-state index in [0.717, 1.165) is 5.56 Å². The molecule has 0 saturated heterocycles. The molecule has 1 heterocycles. The van der Waals surface area contributed by atoms with Gasteiger partial charge < -0.3 is 15.4 Å². The molecule has 2 amide bonds. The minimum Gasteiger partial charge on any atom is -0.460 e. The fourth-order valence-corrected chi connectivity index (χ4v) is 1.18. The van der Waals surface area contributed by atoms with Gasteiger partial charge in [-0.25, -0.2) is 9.59 Å². The van der Waals surface area contributed by atoms with Crippen molar-refractivity contribution in [1.29, 1.82) is 0 Å². The summed E-state index contributed by atoms with van der Waals surface area (Å²) >= 11 is 0. The Morgan fingerprint density at radius 2 is 2.00 bits per heavy atom. The number of rotatable bonds is 6. The Balaban J connectivity index is 2.12. The van der Waals surface area contributed by atoms with Crippen LogP contribution >= 0.6 is 0 Å². The standard InChI is InChI=1S/C13H17N3O3/c1-10(2)12(17)19-8-7-15-13(18)16-9-11-3-5-14-6-4-11/h3-6H,1,7-9H2,2H3,(H2,15,16,18). The molecule has 19 heavy (non-hydrogen) atoms. The van der Waals surface area contributed by atoms with Crippen LogP contribution in [0.3, 0.4) is 0 Å². The minimum absolute atomic E-state index is 0.119. The molecule has 0 aromatic carbocycles. The number of aromatic nitrogens is 1. The number of hydrogen-bond donors (Lipinski definition) is 2.